The lowest BCUT2D eigenvalue weighted by molar-refractivity contribution is -0.137. The van der Waals surface area contributed by atoms with E-state index in [1.54, 1.807) is 30.0 Å². The van der Waals surface area contributed by atoms with Crippen molar-refractivity contribution in [2.45, 2.75) is 31.6 Å². The molecule has 0 aromatic heterocycles. The fourth-order valence-electron chi connectivity index (χ4n) is 2.98. The number of hydrogen-bond acceptors (Lipinski definition) is 5. The summed E-state index contributed by atoms with van der Waals surface area (Å²) in [6, 6.07) is 4.33. The average molecular weight is 399 g/mol. The first-order valence-corrected chi connectivity index (χ1v) is 9.35. The van der Waals surface area contributed by atoms with E-state index in [-0.39, 0.29) is 11.2 Å². The van der Waals surface area contributed by atoms with Gasteiger partial charge < -0.3 is 4.74 Å². The zero-order valence-electron chi connectivity index (χ0n) is 13.9. The van der Waals surface area contributed by atoms with Crippen molar-refractivity contribution in [1.29, 1.82) is 0 Å². The Hall–Kier alpha value is -1.50. The molecule has 8 heteroatoms. The number of amides is 1. The highest BCUT2D eigenvalue weighted by Gasteiger charge is 2.47. The minimum Gasteiger partial charge on any atom is -0.466 e. The van der Waals surface area contributed by atoms with Crippen LogP contribution in [0.2, 0.25) is 10.0 Å². The van der Waals surface area contributed by atoms with Crippen molar-refractivity contribution in [3.8, 4) is 0 Å². The van der Waals surface area contributed by atoms with Crippen LogP contribution < -0.4 is 0 Å². The van der Waals surface area contributed by atoms with Gasteiger partial charge in [-0.1, -0.05) is 48.0 Å². The van der Waals surface area contributed by atoms with E-state index in [1.165, 1.54) is 18.9 Å². The minimum absolute atomic E-state index is 0.0869. The van der Waals surface area contributed by atoms with Gasteiger partial charge in [-0.3, -0.25) is 9.69 Å². The van der Waals surface area contributed by atoms with E-state index >= 15 is 0 Å². The van der Waals surface area contributed by atoms with E-state index in [1.807, 2.05) is 6.92 Å². The molecule has 1 fully saturated rings. The third-order valence-electron chi connectivity index (χ3n) is 4.18. The summed E-state index contributed by atoms with van der Waals surface area (Å²) in [5.41, 5.74) is 1.44. The van der Waals surface area contributed by atoms with Crippen LogP contribution in [-0.4, -0.2) is 34.3 Å². The van der Waals surface area contributed by atoms with E-state index in [2.05, 4.69) is 4.99 Å². The third-order valence-corrected chi connectivity index (χ3v) is 6.07. The molecule has 0 radical (unpaired) electrons. The molecule has 1 aromatic rings. The molecule has 1 amide bonds. The van der Waals surface area contributed by atoms with Gasteiger partial charge in [0, 0.05) is 10.0 Å². The Morgan fingerprint density at radius 2 is 2.12 bits per heavy atom. The van der Waals surface area contributed by atoms with E-state index < -0.39 is 12.0 Å². The quantitative estimate of drug-likeness (QED) is 0.715. The van der Waals surface area contributed by atoms with Gasteiger partial charge in [0.15, 0.2) is 5.17 Å². The van der Waals surface area contributed by atoms with Crippen molar-refractivity contribution in [3.63, 3.8) is 0 Å². The first kappa shape index (κ1) is 18.3. The van der Waals surface area contributed by atoms with Crippen LogP contribution in [0.5, 0.6) is 0 Å². The third kappa shape index (κ3) is 3.07. The zero-order chi connectivity index (χ0) is 18.3. The molecule has 0 unspecified atom stereocenters. The molecule has 132 valence electrons. The maximum Gasteiger partial charge on any atom is 0.338 e. The summed E-state index contributed by atoms with van der Waals surface area (Å²) in [5, 5.41) is 1.22. The van der Waals surface area contributed by atoms with Gasteiger partial charge in [0.25, 0.3) is 0 Å². The van der Waals surface area contributed by atoms with Crippen LogP contribution in [0.15, 0.2) is 34.5 Å². The first-order valence-electron chi connectivity index (χ1n) is 7.71. The maximum atomic E-state index is 12.9. The number of allylic oxidation sites excluding steroid dienone is 1. The van der Waals surface area contributed by atoms with Crippen LogP contribution in [0, 0.1) is 0 Å². The molecule has 0 saturated carbocycles. The summed E-state index contributed by atoms with van der Waals surface area (Å²) in [6.07, 6.45) is 0.673. The summed E-state index contributed by atoms with van der Waals surface area (Å²) in [7, 11) is 1.30. The number of aliphatic imine (C=N–C) groups is 1. The second-order valence-electron chi connectivity index (χ2n) is 5.68. The number of ether oxygens (including phenoxy) is 1. The normalized spacial score (nSPS) is 22.8. The molecule has 3 rings (SSSR count). The van der Waals surface area contributed by atoms with Crippen molar-refractivity contribution in [1.82, 2.24) is 4.90 Å². The topological polar surface area (TPSA) is 59.0 Å². The summed E-state index contributed by atoms with van der Waals surface area (Å²) in [6.45, 7) is 3.68. The van der Waals surface area contributed by atoms with Crippen LogP contribution in [0.25, 0.3) is 0 Å². The molecule has 0 aliphatic carbocycles. The van der Waals surface area contributed by atoms with Gasteiger partial charge in [0.1, 0.15) is 0 Å². The van der Waals surface area contributed by atoms with E-state index in [4.69, 9.17) is 27.9 Å². The van der Waals surface area contributed by atoms with Crippen molar-refractivity contribution < 1.29 is 14.3 Å². The number of benzene rings is 1. The van der Waals surface area contributed by atoms with Crippen molar-refractivity contribution in [2.75, 3.05) is 7.11 Å². The molecule has 0 N–H and O–H groups in total. The highest BCUT2D eigenvalue weighted by Crippen LogP contribution is 2.45. The van der Waals surface area contributed by atoms with Gasteiger partial charge in [-0.05, 0) is 31.0 Å². The molecule has 2 heterocycles. The van der Waals surface area contributed by atoms with Crippen LogP contribution in [0.1, 0.15) is 31.9 Å². The Morgan fingerprint density at radius 3 is 2.72 bits per heavy atom. The van der Waals surface area contributed by atoms with Crippen LogP contribution in [0.3, 0.4) is 0 Å². The second-order valence-corrected chi connectivity index (χ2v) is 7.69. The lowest BCUT2D eigenvalue weighted by Gasteiger charge is -2.33. The molecule has 2 aliphatic rings. The Morgan fingerprint density at radius 1 is 1.40 bits per heavy atom. The van der Waals surface area contributed by atoms with Crippen molar-refractivity contribution in [3.05, 3.63) is 45.1 Å². The van der Waals surface area contributed by atoms with Crippen molar-refractivity contribution in [2.24, 2.45) is 4.99 Å². The number of carbonyl (C=O) groups is 2. The van der Waals surface area contributed by atoms with E-state index in [9.17, 15) is 9.59 Å². The number of halogens is 2. The first-order chi connectivity index (χ1) is 11.9. The fourth-order valence-corrected chi connectivity index (χ4v) is 4.62. The molecule has 0 bridgehead atoms. The molecule has 1 aromatic carbocycles. The molecular formula is C17H16Cl2N2O3S. The standard InChI is InChI=1S/C17H16Cl2N2O3S/c1-4-12-15(22)21-14(10-6-5-9(18)7-11(10)19)13(16(23)24-3)8(2)20-17(21)25-12/h5-7,12,14H,4H2,1-3H3/t12-,14+/m0/s1. The summed E-state index contributed by atoms with van der Waals surface area (Å²) < 4.78 is 4.93. The summed E-state index contributed by atoms with van der Waals surface area (Å²) in [5.74, 6) is -0.620. The lowest BCUT2D eigenvalue weighted by Crippen LogP contribution is -2.40. The van der Waals surface area contributed by atoms with Gasteiger partial charge in [0.05, 0.1) is 29.7 Å². The Balaban J connectivity index is 2.20. The molecule has 2 aliphatic heterocycles. The highest BCUT2D eigenvalue weighted by atomic mass is 35.5. The molecule has 0 spiro atoms. The number of nitrogens with zero attached hydrogens (tertiary/aromatic N) is 2. The smallest absolute Gasteiger partial charge is 0.338 e. The SMILES string of the molecule is CC[C@@H]1SC2=NC(C)=C(C(=O)OC)[C@@H](c3ccc(Cl)cc3Cl)N2C1=O. The number of hydrogen-bond donors (Lipinski definition) is 0. The predicted octanol–water partition coefficient (Wildman–Crippen LogP) is 4.21. The van der Waals surface area contributed by atoms with Crippen LogP contribution in [-0.2, 0) is 14.3 Å². The number of rotatable bonds is 3. The lowest BCUT2D eigenvalue weighted by atomic mass is 9.94. The van der Waals surface area contributed by atoms with Crippen LogP contribution in [0.4, 0.5) is 0 Å². The molecule has 25 heavy (non-hydrogen) atoms. The van der Waals surface area contributed by atoms with E-state index in [0.29, 0.717) is 38.5 Å². The maximum absolute atomic E-state index is 12.9. The van der Waals surface area contributed by atoms with E-state index in [0.717, 1.165) is 0 Å². The highest BCUT2D eigenvalue weighted by molar-refractivity contribution is 8.15. The van der Waals surface area contributed by atoms with Crippen molar-refractivity contribution >= 4 is 52.0 Å². The molecule has 5 nitrogen and oxygen atoms in total. The summed E-state index contributed by atoms with van der Waals surface area (Å²) in [4.78, 5) is 31.3. The van der Waals surface area contributed by atoms with Crippen LogP contribution >= 0.6 is 35.0 Å². The van der Waals surface area contributed by atoms with Gasteiger partial charge in [-0.15, -0.1) is 0 Å². The fraction of sp³-hybridized carbons (Fsp3) is 0.353. The number of esters is 1. The monoisotopic (exact) mass is 398 g/mol. The predicted molar refractivity (Wildman–Crippen MR) is 99.9 cm³/mol. The number of methoxy groups -OCH3 is 1. The number of amidine groups is 1. The Labute approximate surface area is 160 Å². The molecular weight excluding hydrogens is 383 g/mol. The molecule has 1 saturated heterocycles. The van der Waals surface area contributed by atoms with Gasteiger partial charge in [-0.25, -0.2) is 9.79 Å². The molecule has 2 atom stereocenters. The summed E-state index contributed by atoms with van der Waals surface area (Å²) >= 11 is 13.8. The minimum atomic E-state index is -0.679. The van der Waals surface area contributed by atoms with Gasteiger partial charge >= 0.3 is 5.97 Å². The largest absolute Gasteiger partial charge is 0.466 e. The van der Waals surface area contributed by atoms with Gasteiger partial charge in [0.2, 0.25) is 5.91 Å². The second kappa shape index (κ2) is 7.02. The Kier molecular flexibility index (Phi) is 5.14. The number of fused-ring (bicyclic) bond motifs is 1. The number of carbonyl (C=O) groups excluding carboxylic acids is 2. The van der Waals surface area contributed by atoms with Gasteiger partial charge in [-0.2, -0.15) is 0 Å². The average Bonchev–Trinajstić information content (AvgIpc) is 2.89. The number of thioether (sulfide) groups is 1. The zero-order valence-corrected chi connectivity index (χ0v) is 16.2. The Bertz CT molecular complexity index is 822.